The smallest absolute Gasteiger partial charge is 0.237 e. The summed E-state index contributed by atoms with van der Waals surface area (Å²) in [5.41, 5.74) is 17.0. The molecule has 0 aliphatic carbocycles. The van der Waals surface area contributed by atoms with Crippen molar-refractivity contribution < 1.29 is 19.2 Å². The summed E-state index contributed by atoms with van der Waals surface area (Å²) in [5, 5.41) is 0. The third-order valence-corrected chi connectivity index (χ3v) is 9.00. The lowest BCUT2D eigenvalue weighted by Crippen LogP contribution is -2.58. The highest BCUT2D eigenvalue weighted by molar-refractivity contribution is 5.93. The van der Waals surface area contributed by atoms with Crippen LogP contribution >= 0.6 is 0 Å². The minimum Gasteiger partial charge on any atom is -0.334 e. The number of rotatable bonds is 11. The van der Waals surface area contributed by atoms with Crippen molar-refractivity contribution in [3.05, 3.63) is 35.9 Å². The van der Waals surface area contributed by atoms with Crippen molar-refractivity contribution in [1.82, 2.24) is 19.6 Å². The van der Waals surface area contributed by atoms with E-state index in [1.165, 1.54) is 0 Å². The number of hydrogen-bond donors (Lipinski definition) is 3. The summed E-state index contributed by atoms with van der Waals surface area (Å²) < 4.78 is 0. The third-order valence-electron chi connectivity index (χ3n) is 9.00. The van der Waals surface area contributed by atoms with Gasteiger partial charge >= 0.3 is 0 Å². The molecule has 0 atom stereocenters. The lowest BCUT2D eigenvalue weighted by atomic mass is 9.93. The van der Waals surface area contributed by atoms with Crippen LogP contribution in [0.4, 0.5) is 0 Å². The normalized spacial score (nSPS) is 20.3. The lowest BCUT2D eigenvalue weighted by molar-refractivity contribution is -0.144. The molecule has 1 aliphatic rings. The van der Waals surface area contributed by atoms with E-state index in [-0.39, 0.29) is 55.1 Å². The summed E-state index contributed by atoms with van der Waals surface area (Å²) >= 11 is 0. The van der Waals surface area contributed by atoms with Crippen LogP contribution in [0, 0.1) is 0 Å². The topological polar surface area (TPSA) is 159 Å². The Morgan fingerprint density at radius 1 is 0.667 bits per heavy atom. The van der Waals surface area contributed by atoms with Crippen molar-refractivity contribution in [2.24, 2.45) is 17.2 Å². The molecule has 0 spiro atoms. The predicted molar refractivity (Wildman–Crippen MR) is 179 cm³/mol. The van der Waals surface area contributed by atoms with Gasteiger partial charge in [-0.3, -0.25) is 29.0 Å². The van der Waals surface area contributed by atoms with Gasteiger partial charge in [-0.15, -0.1) is 0 Å². The molecule has 0 radical (unpaired) electrons. The maximum absolute atomic E-state index is 14.1. The summed E-state index contributed by atoms with van der Waals surface area (Å²) in [6.07, 6.45) is 4.56. The molecule has 0 bridgehead atoms. The van der Waals surface area contributed by atoms with E-state index in [4.69, 9.17) is 17.2 Å². The highest BCUT2D eigenvalue weighted by Crippen LogP contribution is 2.24. The molecule has 2 amide bonds. The SMILES string of the molecule is CC1(C)CCCCC(=O)CN(CCCN)C(=O)CN(CCCN)C(C)(C)C(=O)CN(Cc2ccccc2)C(=O)CN1CCCN. The largest absolute Gasteiger partial charge is 0.334 e. The first kappa shape index (κ1) is 38.5. The van der Waals surface area contributed by atoms with Gasteiger partial charge in [0.2, 0.25) is 11.8 Å². The Bertz CT molecular complexity index is 1080. The van der Waals surface area contributed by atoms with Gasteiger partial charge < -0.3 is 27.0 Å². The van der Waals surface area contributed by atoms with Gasteiger partial charge in [0.15, 0.2) is 11.6 Å². The van der Waals surface area contributed by atoms with Crippen LogP contribution in [0.3, 0.4) is 0 Å². The van der Waals surface area contributed by atoms with Crippen LogP contribution in [0.5, 0.6) is 0 Å². The zero-order chi connectivity index (χ0) is 33.5. The van der Waals surface area contributed by atoms with Gasteiger partial charge in [0.05, 0.1) is 31.7 Å². The predicted octanol–water partition coefficient (Wildman–Crippen LogP) is 1.76. The average Bonchev–Trinajstić information content (AvgIpc) is 3.00. The Morgan fingerprint density at radius 2 is 1.22 bits per heavy atom. The number of amides is 2. The highest BCUT2D eigenvalue weighted by atomic mass is 16.2. The van der Waals surface area contributed by atoms with E-state index in [9.17, 15) is 19.2 Å². The van der Waals surface area contributed by atoms with Crippen LogP contribution in [-0.4, -0.2) is 120 Å². The first-order valence-electron chi connectivity index (χ1n) is 16.6. The molecule has 1 aliphatic heterocycles. The van der Waals surface area contributed by atoms with Crippen LogP contribution in [0.25, 0.3) is 0 Å². The van der Waals surface area contributed by atoms with E-state index >= 15 is 0 Å². The van der Waals surface area contributed by atoms with Crippen molar-refractivity contribution in [3.8, 4) is 0 Å². The van der Waals surface area contributed by atoms with Gasteiger partial charge in [-0.1, -0.05) is 36.8 Å². The van der Waals surface area contributed by atoms with Crippen molar-refractivity contribution in [1.29, 1.82) is 0 Å². The second-order valence-corrected chi connectivity index (χ2v) is 13.4. The molecule has 0 aromatic heterocycles. The van der Waals surface area contributed by atoms with E-state index in [0.717, 1.165) is 24.8 Å². The number of carbonyl (C=O) groups is 4. The Morgan fingerprint density at radius 3 is 1.84 bits per heavy atom. The maximum Gasteiger partial charge on any atom is 0.237 e. The fourth-order valence-corrected chi connectivity index (χ4v) is 5.73. The standard InChI is InChI=1S/C34H59N7O4/c1-33(2)16-9-8-15-29(42)24-38(20-10-17-35)31(44)27-41(22-12-19-37)34(3,4)30(43)25-39(23-28-13-6-5-7-14-28)32(45)26-40(33)21-11-18-36/h5-7,13-14H,8-12,15-27,35-37H2,1-4H3. The third kappa shape index (κ3) is 12.5. The van der Waals surface area contributed by atoms with Crippen molar-refractivity contribution >= 4 is 23.4 Å². The molecule has 6 N–H and O–H groups in total. The van der Waals surface area contributed by atoms with Crippen LogP contribution in [-0.2, 0) is 25.7 Å². The lowest BCUT2D eigenvalue weighted by Gasteiger charge is -2.41. The first-order valence-corrected chi connectivity index (χ1v) is 16.6. The first-order chi connectivity index (χ1) is 21.3. The van der Waals surface area contributed by atoms with E-state index in [1.54, 1.807) is 23.6 Å². The molecular weight excluding hydrogens is 570 g/mol. The Kier molecular flexibility index (Phi) is 16.3. The van der Waals surface area contributed by atoms with Gasteiger partial charge in [-0.25, -0.2) is 0 Å². The molecule has 2 rings (SSSR count). The number of benzene rings is 1. The van der Waals surface area contributed by atoms with Gasteiger partial charge in [0, 0.05) is 38.1 Å². The van der Waals surface area contributed by atoms with Gasteiger partial charge in [0.25, 0.3) is 0 Å². The van der Waals surface area contributed by atoms with Gasteiger partial charge in [-0.2, -0.15) is 0 Å². The summed E-state index contributed by atoms with van der Waals surface area (Å²) in [4.78, 5) is 62.2. The van der Waals surface area contributed by atoms with Crippen LogP contribution in [0.1, 0.15) is 78.2 Å². The minimum atomic E-state index is -1.08. The molecule has 254 valence electrons. The van der Waals surface area contributed by atoms with E-state index in [0.29, 0.717) is 71.5 Å². The highest BCUT2D eigenvalue weighted by Gasteiger charge is 2.38. The molecule has 1 aromatic carbocycles. The van der Waals surface area contributed by atoms with Gasteiger partial charge in [-0.05, 0) is 85.0 Å². The molecule has 45 heavy (non-hydrogen) atoms. The molecule has 1 heterocycles. The summed E-state index contributed by atoms with van der Waals surface area (Å²) in [5.74, 6) is -0.517. The summed E-state index contributed by atoms with van der Waals surface area (Å²) in [6, 6.07) is 9.67. The van der Waals surface area contributed by atoms with Crippen molar-refractivity contribution in [2.75, 3.05) is 65.4 Å². The van der Waals surface area contributed by atoms with E-state index in [2.05, 4.69) is 18.7 Å². The zero-order valence-corrected chi connectivity index (χ0v) is 28.3. The number of carbonyl (C=O) groups excluding carboxylic acids is 4. The second kappa shape index (κ2) is 19.1. The van der Waals surface area contributed by atoms with E-state index in [1.807, 2.05) is 35.2 Å². The fraction of sp³-hybridized carbons (Fsp3) is 0.706. The molecule has 1 fully saturated rings. The number of Topliss-reactive ketones (excluding diaryl/α,β-unsaturated/α-hetero) is 2. The molecule has 11 heteroatoms. The minimum absolute atomic E-state index is 0.00913. The van der Waals surface area contributed by atoms with Crippen molar-refractivity contribution in [2.45, 2.75) is 90.3 Å². The Hall–Kier alpha value is -2.70. The molecule has 0 unspecified atom stereocenters. The van der Waals surface area contributed by atoms with Crippen LogP contribution in [0.2, 0.25) is 0 Å². The quantitative estimate of drug-likeness (QED) is 0.332. The second-order valence-electron chi connectivity index (χ2n) is 13.4. The molecule has 1 aromatic rings. The zero-order valence-electron chi connectivity index (χ0n) is 28.3. The monoisotopic (exact) mass is 629 g/mol. The number of ketones is 2. The van der Waals surface area contributed by atoms with Crippen LogP contribution < -0.4 is 17.2 Å². The number of nitrogens with two attached hydrogens (primary N) is 3. The Balaban J connectivity index is 2.52. The van der Waals surface area contributed by atoms with E-state index < -0.39 is 5.54 Å². The van der Waals surface area contributed by atoms with Crippen molar-refractivity contribution in [3.63, 3.8) is 0 Å². The molecule has 1 saturated heterocycles. The average molecular weight is 630 g/mol. The molecule has 0 saturated carbocycles. The van der Waals surface area contributed by atoms with Crippen LogP contribution in [0.15, 0.2) is 30.3 Å². The number of nitrogens with zero attached hydrogens (tertiary/aromatic N) is 4. The van der Waals surface area contributed by atoms with Gasteiger partial charge in [0.1, 0.15) is 0 Å². The maximum atomic E-state index is 14.1. The Labute approximate surface area is 270 Å². The summed E-state index contributed by atoms with van der Waals surface area (Å²) in [7, 11) is 0. The number of hydrogen-bond acceptors (Lipinski definition) is 9. The molecular formula is C34H59N7O4. The fourth-order valence-electron chi connectivity index (χ4n) is 5.73. The summed E-state index contributed by atoms with van der Waals surface area (Å²) in [6.45, 7) is 10.9. The molecule has 11 nitrogen and oxygen atoms in total.